The summed E-state index contributed by atoms with van der Waals surface area (Å²) in [5.41, 5.74) is 8.25. The van der Waals surface area contributed by atoms with Crippen molar-refractivity contribution in [3.8, 4) is 0 Å². The number of carboxylic acid groups (broad SMARTS) is 2. The van der Waals surface area contributed by atoms with Crippen LogP contribution in [0, 0.1) is 41.5 Å². The predicted molar refractivity (Wildman–Crippen MR) is 220 cm³/mol. The van der Waals surface area contributed by atoms with Gasteiger partial charge in [-0.2, -0.15) is 0 Å². The van der Waals surface area contributed by atoms with Gasteiger partial charge in [0, 0.05) is 11.9 Å². The molecule has 6 aromatic rings. The molecule has 0 aliphatic carbocycles. The predicted octanol–water partition coefficient (Wildman–Crippen LogP) is 6.25. The molecule has 0 aliphatic heterocycles. The number of aliphatic carboxylic acids is 2. The molecule has 0 aromatic heterocycles. The van der Waals surface area contributed by atoms with E-state index in [9.17, 15) is 0 Å². The summed E-state index contributed by atoms with van der Waals surface area (Å²) >= 11 is 0. The van der Waals surface area contributed by atoms with Crippen molar-refractivity contribution in [3.63, 3.8) is 0 Å². The van der Waals surface area contributed by atoms with E-state index >= 15 is 0 Å². The zero-order valence-corrected chi connectivity index (χ0v) is 35.0. The van der Waals surface area contributed by atoms with Gasteiger partial charge in [-0.05, 0) is 136 Å². The van der Waals surface area contributed by atoms with E-state index < -0.39 is 27.8 Å². The summed E-state index contributed by atoms with van der Waals surface area (Å²) in [6.07, 6.45) is 0. The Hall–Kier alpha value is -4.22. The quantitative estimate of drug-likeness (QED) is 0.147. The van der Waals surface area contributed by atoms with Crippen LogP contribution in [0.1, 0.15) is 47.2 Å². The number of rotatable bonds is 6. The molecule has 0 spiro atoms. The van der Waals surface area contributed by atoms with Gasteiger partial charge in [-0.1, -0.05) is 146 Å². The molecule has 6 rings (SSSR count). The first-order valence-electron chi connectivity index (χ1n) is 17.1. The molecule has 276 valence electrons. The zero-order valence-electron chi connectivity index (χ0n) is 31.7. The monoisotopic (exact) mass is 832 g/mol. The third kappa shape index (κ3) is 13.6. The van der Waals surface area contributed by atoms with Crippen molar-refractivity contribution in [2.24, 2.45) is 0 Å². The summed E-state index contributed by atoms with van der Waals surface area (Å²) in [4.78, 5) is 17.8. The standard InChI is InChI=1S/2C21H21P.2C2H4O2.Pd/c2*1-16-10-4-7-13-19(16)22(20-14-8-5-11-17(20)2)21-15-9-6-12-18(21)3;2*1-2(3)4;/h2*4-15H,1-3H3;2*1H3,(H,3,4);/q;;;;+2/p-2. The minimum absolute atomic E-state index is 0. The Morgan fingerprint density at radius 3 is 0.566 bits per heavy atom. The Labute approximate surface area is 332 Å². The van der Waals surface area contributed by atoms with E-state index in [1.807, 2.05) is 0 Å². The average molecular weight is 833 g/mol. The van der Waals surface area contributed by atoms with Crippen LogP contribution in [0.5, 0.6) is 0 Å². The summed E-state index contributed by atoms with van der Waals surface area (Å²) in [5.74, 6) is -2.17. The number of benzene rings is 6. The van der Waals surface area contributed by atoms with Crippen LogP contribution in [-0.2, 0) is 30.0 Å². The van der Waals surface area contributed by atoms with Gasteiger partial charge < -0.3 is 19.8 Å². The molecule has 0 bridgehead atoms. The molecular formula is C46H48O4P2Pd. The second-order valence-corrected chi connectivity index (χ2v) is 16.6. The van der Waals surface area contributed by atoms with E-state index in [1.165, 1.54) is 65.2 Å². The first-order valence-corrected chi connectivity index (χ1v) is 19.8. The minimum Gasteiger partial charge on any atom is -0.550 e. The number of hydrogen-bond acceptors (Lipinski definition) is 4. The molecule has 7 heteroatoms. The Morgan fingerprint density at radius 2 is 0.453 bits per heavy atom. The van der Waals surface area contributed by atoms with Crippen LogP contribution in [0.2, 0.25) is 0 Å². The summed E-state index contributed by atoms with van der Waals surface area (Å²) in [7, 11) is -1.02. The van der Waals surface area contributed by atoms with Gasteiger partial charge in [0.2, 0.25) is 0 Å². The van der Waals surface area contributed by atoms with Gasteiger partial charge in [-0.3, -0.25) is 0 Å². The molecular weight excluding hydrogens is 785 g/mol. The number of carbonyl (C=O) groups excluding carboxylic acids is 2. The first-order chi connectivity index (χ1) is 24.8. The molecule has 0 fully saturated rings. The van der Waals surface area contributed by atoms with Crippen molar-refractivity contribution < 1.29 is 40.2 Å². The number of carboxylic acids is 2. The SMILES string of the molecule is CC(=O)[O-].CC(=O)[O-].Cc1ccccc1P(c1ccccc1C)c1ccccc1C.Cc1ccccc1P(c1ccccc1C)c1ccccc1C.[Pd+2]. The van der Waals surface area contributed by atoms with Crippen molar-refractivity contribution in [2.45, 2.75) is 55.4 Å². The van der Waals surface area contributed by atoms with Crippen LogP contribution in [-0.4, -0.2) is 11.9 Å². The van der Waals surface area contributed by atoms with Gasteiger partial charge in [0.1, 0.15) is 0 Å². The van der Waals surface area contributed by atoms with E-state index in [0.717, 1.165) is 13.8 Å². The van der Waals surface area contributed by atoms with Crippen molar-refractivity contribution in [2.75, 3.05) is 0 Å². The van der Waals surface area contributed by atoms with Crippen molar-refractivity contribution in [1.82, 2.24) is 0 Å². The van der Waals surface area contributed by atoms with E-state index in [4.69, 9.17) is 19.8 Å². The maximum atomic E-state index is 8.89. The van der Waals surface area contributed by atoms with Crippen molar-refractivity contribution >= 4 is 59.6 Å². The molecule has 0 N–H and O–H groups in total. The zero-order chi connectivity index (χ0) is 38.2. The first kappa shape index (κ1) is 44.9. The van der Waals surface area contributed by atoms with Crippen molar-refractivity contribution in [3.05, 3.63) is 179 Å². The minimum atomic E-state index is -1.08. The van der Waals surface area contributed by atoms with Gasteiger partial charge in [0.05, 0.1) is 0 Å². The third-order valence-corrected chi connectivity index (χ3v) is 14.0. The van der Waals surface area contributed by atoms with Crippen LogP contribution in [0.15, 0.2) is 146 Å². The van der Waals surface area contributed by atoms with Crippen LogP contribution in [0.25, 0.3) is 0 Å². The second-order valence-electron chi connectivity index (χ2n) is 12.4. The average Bonchev–Trinajstić information content (AvgIpc) is 3.10. The Bertz CT molecular complexity index is 1700. The number of carbonyl (C=O) groups is 2. The summed E-state index contributed by atoms with van der Waals surface area (Å²) in [6.45, 7) is 15.3. The van der Waals surface area contributed by atoms with Gasteiger partial charge in [-0.15, -0.1) is 0 Å². The molecule has 4 nitrogen and oxygen atoms in total. The molecule has 0 saturated carbocycles. The normalized spacial score (nSPS) is 10.0. The summed E-state index contributed by atoms with van der Waals surface area (Å²) < 4.78 is 0. The van der Waals surface area contributed by atoms with E-state index in [-0.39, 0.29) is 20.4 Å². The van der Waals surface area contributed by atoms with Crippen LogP contribution >= 0.6 is 15.8 Å². The fourth-order valence-corrected chi connectivity index (χ4v) is 11.2. The second kappa shape index (κ2) is 22.8. The Kier molecular flexibility index (Phi) is 19.3. The molecule has 0 heterocycles. The summed E-state index contributed by atoms with van der Waals surface area (Å²) in [5, 5.41) is 26.5. The molecule has 0 saturated heterocycles. The molecule has 0 amide bonds. The number of hydrogen-bond donors (Lipinski definition) is 0. The fraction of sp³-hybridized carbons (Fsp3) is 0.174. The van der Waals surface area contributed by atoms with Gasteiger partial charge in [0.15, 0.2) is 0 Å². The van der Waals surface area contributed by atoms with E-state index in [0.29, 0.717) is 0 Å². The third-order valence-electron chi connectivity index (χ3n) is 8.14. The Balaban J connectivity index is 0.000000301. The van der Waals surface area contributed by atoms with Gasteiger partial charge >= 0.3 is 20.4 Å². The van der Waals surface area contributed by atoms with Crippen LogP contribution < -0.4 is 42.0 Å². The largest absolute Gasteiger partial charge is 2.00 e. The van der Waals surface area contributed by atoms with E-state index in [1.54, 1.807) is 0 Å². The number of aryl methyl sites for hydroxylation is 6. The maximum Gasteiger partial charge on any atom is 2.00 e. The summed E-state index contributed by atoms with van der Waals surface area (Å²) in [6, 6.07) is 52.8. The topological polar surface area (TPSA) is 80.3 Å². The molecule has 0 atom stereocenters. The molecule has 0 aliphatic rings. The van der Waals surface area contributed by atoms with Crippen molar-refractivity contribution in [1.29, 1.82) is 0 Å². The maximum absolute atomic E-state index is 8.89. The van der Waals surface area contributed by atoms with Gasteiger partial charge in [0.25, 0.3) is 0 Å². The molecule has 6 aromatic carbocycles. The molecule has 0 radical (unpaired) electrons. The molecule has 53 heavy (non-hydrogen) atoms. The smallest absolute Gasteiger partial charge is 0.550 e. The molecule has 0 unspecified atom stereocenters. The Morgan fingerprint density at radius 1 is 0.340 bits per heavy atom. The van der Waals surface area contributed by atoms with Crippen LogP contribution in [0.3, 0.4) is 0 Å². The fourth-order valence-electron chi connectivity index (χ4n) is 5.66. The van der Waals surface area contributed by atoms with E-state index in [2.05, 4.69) is 187 Å². The van der Waals surface area contributed by atoms with Crippen LogP contribution in [0.4, 0.5) is 0 Å². The van der Waals surface area contributed by atoms with Gasteiger partial charge in [-0.25, -0.2) is 0 Å².